The first-order chi connectivity index (χ1) is 7.36. The average molecular weight is 227 g/mol. The molecule has 2 N–H and O–H groups in total. The summed E-state index contributed by atoms with van der Waals surface area (Å²) in [5.41, 5.74) is 5.48. The Labute approximate surface area is 96.1 Å². The standard InChI is InChI=1S/C11H21N3S/c1-2-3-4-5-6-7-8-10-13-14-11(9-12)15-10/h2-9,12H2,1H3. The molecule has 0 bridgehead atoms. The summed E-state index contributed by atoms with van der Waals surface area (Å²) >= 11 is 1.65. The minimum atomic E-state index is 0.522. The first-order valence-electron chi connectivity index (χ1n) is 5.88. The average Bonchev–Trinajstić information content (AvgIpc) is 2.71. The van der Waals surface area contributed by atoms with Crippen LogP contribution in [-0.4, -0.2) is 10.2 Å². The molecule has 0 saturated heterocycles. The third-order valence-corrected chi connectivity index (χ3v) is 3.43. The van der Waals surface area contributed by atoms with Crippen molar-refractivity contribution in [1.29, 1.82) is 0 Å². The van der Waals surface area contributed by atoms with Crippen LogP contribution in [-0.2, 0) is 13.0 Å². The van der Waals surface area contributed by atoms with Crippen LogP contribution >= 0.6 is 11.3 Å². The van der Waals surface area contributed by atoms with Crippen molar-refractivity contribution in [3.8, 4) is 0 Å². The van der Waals surface area contributed by atoms with Crippen molar-refractivity contribution in [2.24, 2.45) is 5.73 Å². The van der Waals surface area contributed by atoms with Gasteiger partial charge in [-0.25, -0.2) is 0 Å². The predicted octanol–water partition coefficient (Wildman–Crippen LogP) is 2.90. The monoisotopic (exact) mass is 227 g/mol. The highest BCUT2D eigenvalue weighted by molar-refractivity contribution is 7.11. The summed E-state index contributed by atoms with van der Waals surface area (Å²) in [6.45, 7) is 2.77. The molecule has 1 rings (SSSR count). The molecule has 15 heavy (non-hydrogen) atoms. The molecule has 1 heterocycles. The lowest BCUT2D eigenvalue weighted by molar-refractivity contribution is 0.606. The van der Waals surface area contributed by atoms with Gasteiger partial charge in [-0.2, -0.15) is 0 Å². The topological polar surface area (TPSA) is 51.8 Å². The summed E-state index contributed by atoms with van der Waals surface area (Å²) in [5.74, 6) is 0. The van der Waals surface area contributed by atoms with Crippen LogP contribution in [0.5, 0.6) is 0 Å². The number of rotatable bonds is 8. The number of nitrogens with two attached hydrogens (primary N) is 1. The Morgan fingerprint density at radius 1 is 1.00 bits per heavy atom. The van der Waals surface area contributed by atoms with E-state index in [9.17, 15) is 0 Å². The largest absolute Gasteiger partial charge is 0.324 e. The molecule has 86 valence electrons. The molecule has 0 saturated carbocycles. The van der Waals surface area contributed by atoms with Gasteiger partial charge in [0.25, 0.3) is 0 Å². The van der Waals surface area contributed by atoms with Gasteiger partial charge in [0.2, 0.25) is 0 Å². The SMILES string of the molecule is CCCCCCCCc1nnc(CN)s1. The normalized spacial score (nSPS) is 10.8. The van der Waals surface area contributed by atoms with Crippen molar-refractivity contribution in [3.05, 3.63) is 10.0 Å². The summed E-state index contributed by atoms with van der Waals surface area (Å²) in [4.78, 5) is 0. The zero-order chi connectivity index (χ0) is 10.9. The molecule has 0 aliphatic heterocycles. The van der Waals surface area contributed by atoms with E-state index in [-0.39, 0.29) is 0 Å². The van der Waals surface area contributed by atoms with Gasteiger partial charge in [0, 0.05) is 13.0 Å². The fourth-order valence-electron chi connectivity index (χ4n) is 1.53. The highest BCUT2D eigenvalue weighted by atomic mass is 32.1. The van der Waals surface area contributed by atoms with Crippen LogP contribution < -0.4 is 5.73 Å². The van der Waals surface area contributed by atoms with Crippen molar-refractivity contribution in [2.45, 2.75) is 58.4 Å². The summed E-state index contributed by atoms with van der Waals surface area (Å²) in [7, 11) is 0. The molecule has 0 radical (unpaired) electrons. The molecular formula is C11H21N3S. The van der Waals surface area contributed by atoms with E-state index < -0.39 is 0 Å². The molecule has 0 aliphatic rings. The van der Waals surface area contributed by atoms with Crippen LogP contribution in [0.4, 0.5) is 0 Å². The quantitative estimate of drug-likeness (QED) is 0.695. The highest BCUT2D eigenvalue weighted by Gasteiger charge is 2.01. The van der Waals surface area contributed by atoms with E-state index in [1.54, 1.807) is 11.3 Å². The molecule has 0 atom stereocenters. The molecule has 3 nitrogen and oxygen atoms in total. The van der Waals surface area contributed by atoms with Crippen LogP contribution in [0.15, 0.2) is 0 Å². The van der Waals surface area contributed by atoms with E-state index in [4.69, 9.17) is 5.73 Å². The van der Waals surface area contributed by atoms with Crippen LogP contribution in [0.25, 0.3) is 0 Å². The molecule has 0 spiro atoms. The molecule has 0 unspecified atom stereocenters. The van der Waals surface area contributed by atoms with E-state index in [1.165, 1.54) is 38.5 Å². The van der Waals surface area contributed by atoms with Crippen molar-refractivity contribution < 1.29 is 0 Å². The lowest BCUT2D eigenvalue weighted by Gasteiger charge is -1.97. The van der Waals surface area contributed by atoms with Crippen molar-refractivity contribution in [1.82, 2.24) is 10.2 Å². The molecular weight excluding hydrogens is 206 g/mol. The Kier molecular flexibility index (Phi) is 6.52. The van der Waals surface area contributed by atoms with Gasteiger partial charge in [-0.15, -0.1) is 21.5 Å². The summed E-state index contributed by atoms with van der Waals surface area (Å²) in [6.07, 6.45) is 9.05. The first-order valence-corrected chi connectivity index (χ1v) is 6.69. The second-order valence-electron chi connectivity index (χ2n) is 3.81. The third kappa shape index (κ3) is 5.23. The number of aromatic nitrogens is 2. The number of unbranched alkanes of at least 4 members (excludes halogenated alkanes) is 5. The molecule has 0 fully saturated rings. The number of hydrogen-bond acceptors (Lipinski definition) is 4. The van der Waals surface area contributed by atoms with Crippen molar-refractivity contribution in [2.75, 3.05) is 0 Å². The smallest absolute Gasteiger partial charge is 0.131 e. The second kappa shape index (κ2) is 7.77. The fraction of sp³-hybridized carbons (Fsp3) is 0.818. The Morgan fingerprint density at radius 3 is 2.33 bits per heavy atom. The lowest BCUT2D eigenvalue weighted by Crippen LogP contribution is -1.94. The summed E-state index contributed by atoms with van der Waals surface area (Å²) in [5, 5.41) is 10.2. The van der Waals surface area contributed by atoms with E-state index in [0.29, 0.717) is 6.54 Å². The van der Waals surface area contributed by atoms with E-state index in [2.05, 4.69) is 17.1 Å². The molecule has 1 aromatic rings. The first kappa shape index (κ1) is 12.6. The maximum Gasteiger partial charge on any atom is 0.131 e. The molecule has 0 aromatic carbocycles. The van der Waals surface area contributed by atoms with Gasteiger partial charge in [0.15, 0.2) is 0 Å². The number of hydrogen-bond donors (Lipinski definition) is 1. The predicted molar refractivity (Wildman–Crippen MR) is 64.9 cm³/mol. The summed E-state index contributed by atoms with van der Waals surface area (Å²) < 4.78 is 0. The van der Waals surface area contributed by atoms with Gasteiger partial charge < -0.3 is 5.73 Å². The number of nitrogens with zero attached hydrogens (tertiary/aromatic N) is 2. The van der Waals surface area contributed by atoms with E-state index in [1.807, 2.05) is 0 Å². The molecule has 0 aliphatic carbocycles. The van der Waals surface area contributed by atoms with E-state index >= 15 is 0 Å². The van der Waals surface area contributed by atoms with Gasteiger partial charge in [-0.1, -0.05) is 39.0 Å². The van der Waals surface area contributed by atoms with Gasteiger partial charge in [0.1, 0.15) is 10.0 Å². The van der Waals surface area contributed by atoms with E-state index in [0.717, 1.165) is 16.4 Å². The lowest BCUT2D eigenvalue weighted by atomic mass is 10.1. The van der Waals surface area contributed by atoms with Crippen molar-refractivity contribution >= 4 is 11.3 Å². The van der Waals surface area contributed by atoms with Gasteiger partial charge in [0.05, 0.1) is 0 Å². The minimum absolute atomic E-state index is 0.522. The fourth-order valence-corrected chi connectivity index (χ4v) is 2.29. The third-order valence-electron chi connectivity index (χ3n) is 2.43. The zero-order valence-electron chi connectivity index (χ0n) is 9.54. The Balaban J connectivity index is 2.04. The Hall–Kier alpha value is -0.480. The maximum atomic E-state index is 5.48. The second-order valence-corrected chi connectivity index (χ2v) is 4.96. The summed E-state index contributed by atoms with van der Waals surface area (Å²) in [6, 6.07) is 0. The van der Waals surface area contributed by atoms with Gasteiger partial charge in [-0.3, -0.25) is 0 Å². The maximum absolute atomic E-state index is 5.48. The minimum Gasteiger partial charge on any atom is -0.324 e. The molecule has 4 heteroatoms. The van der Waals surface area contributed by atoms with Crippen LogP contribution in [0.1, 0.15) is 55.5 Å². The Bertz CT molecular complexity index is 260. The Morgan fingerprint density at radius 2 is 1.67 bits per heavy atom. The van der Waals surface area contributed by atoms with Crippen molar-refractivity contribution in [3.63, 3.8) is 0 Å². The van der Waals surface area contributed by atoms with Gasteiger partial charge in [-0.05, 0) is 6.42 Å². The molecule has 0 amide bonds. The zero-order valence-corrected chi connectivity index (χ0v) is 10.4. The van der Waals surface area contributed by atoms with Crippen LogP contribution in [0.3, 0.4) is 0 Å². The molecule has 1 aromatic heterocycles. The van der Waals surface area contributed by atoms with Gasteiger partial charge >= 0.3 is 0 Å². The highest BCUT2D eigenvalue weighted by Crippen LogP contribution is 2.13. The van der Waals surface area contributed by atoms with Crippen LogP contribution in [0, 0.1) is 0 Å². The van der Waals surface area contributed by atoms with Crippen LogP contribution in [0.2, 0.25) is 0 Å². The number of aryl methyl sites for hydroxylation is 1.